The summed E-state index contributed by atoms with van der Waals surface area (Å²) in [5, 5.41) is 1.11. The molecule has 0 bridgehead atoms. The first-order valence-electron chi connectivity index (χ1n) is 2.93. The van der Waals surface area contributed by atoms with Crippen LogP contribution in [0.1, 0.15) is 19.8 Å². The Morgan fingerprint density at radius 3 is 2.62 bits per heavy atom. The lowest BCUT2D eigenvalue weighted by atomic mass is 10.1. The molecule has 0 saturated carbocycles. The topological polar surface area (TPSA) is 0 Å². The number of alkyl halides is 2. The van der Waals surface area contributed by atoms with E-state index in [1.54, 1.807) is 0 Å². The van der Waals surface area contributed by atoms with Crippen LogP contribution >= 0.6 is 27.5 Å². The fourth-order valence-corrected chi connectivity index (χ4v) is 0.981. The zero-order chi connectivity index (χ0) is 6.41. The predicted octanol–water partition coefficient (Wildman–Crippen LogP) is 3.04. The minimum absolute atomic E-state index is 0.689. The van der Waals surface area contributed by atoms with E-state index in [-0.39, 0.29) is 0 Å². The number of rotatable bonds is 4. The largest absolute Gasteiger partial charge is 0.126 e. The molecule has 0 aliphatic rings. The predicted molar refractivity (Wildman–Crippen MR) is 42.9 cm³/mol. The molecular weight excluding hydrogens is 187 g/mol. The van der Waals surface area contributed by atoms with Crippen LogP contribution in [0.4, 0.5) is 0 Å². The summed E-state index contributed by atoms with van der Waals surface area (Å²) in [6.45, 7) is 2.18. The summed E-state index contributed by atoms with van der Waals surface area (Å²) in [5.74, 6) is 1.49. The van der Waals surface area contributed by atoms with Crippen molar-refractivity contribution in [2.45, 2.75) is 19.8 Å². The Morgan fingerprint density at radius 1 is 1.62 bits per heavy atom. The van der Waals surface area contributed by atoms with Crippen molar-refractivity contribution in [2.24, 2.45) is 5.92 Å². The molecule has 0 heterocycles. The van der Waals surface area contributed by atoms with Gasteiger partial charge in [0.1, 0.15) is 0 Å². The Hall–Kier alpha value is 0.770. The van der Waals surface area contributed by atoms with E-state index in [4.69, 9.17) is 11.6 Å². The van der Waals surface area contributed by atoms with Crippen molar-refractivity contribution < 1.29 is 0 Å². The number of halogens is 2. The average molecular weight is 200 g/mol. The van der Waals surface area contributed by atoms with Crippen LogP contribution < -0.4 is 0 Å². The summed E-state index contributed by atoms with van der Waals surface area (Å²) in [4.78, 5) is 0. The van der Waals surface area contributed by atoms with Gasteiger partial charge in [-0.15, -0.1) is 11.6 Å². The molecule has 1 unspecified atom stereocenters. The quantitative estimate of drug-likeness (QED) is 0.611. The van der Waals surface area contributed by atoms with Crippen molar-refractivity contribution in [3.8, 4) is 0 Å². The highest BCUT2D eigenvalue weighted by Gasteiger charge is 1.96. The molecule has 0 amide bonds. The van der Waals surface area contributed by atoms with E-state index >= 15 is 0 Å². The second-order valence-corrected chi connectivity index (χ2v) is 3.19. The maximum Gasteiger partial charge on any atom is 0.0249 e. The lowest BCUT2D eigenvalue weighted by Gasteiger charge is -2.02. The van der Waals surface area contributed by atoms with Gasteiger partial charge in [-0.3, -0.25) is 0 Å². The summed E-state index contributed by atoms with van der Waals surface area (Å²) < 4.78 is 0. The molecule has 0 spiro atoms. The summed E-state index contributed by atoms with van der Waals surface area (Å²) >= 11 is 8.94. The molecule has 0 nitrogen and oxygen atoms in total. The van der Waals surface area contributed by atoms with Gasteiger partial charge >= 0.3 is 0 Å². The first kappa shape index (κ1) is 8.77. The Morgan fingerprint density at radius 2 is 2.25 bits per heavy atom. The van der Waals surface area contributed by atoms with Crippen LogP contribution in [0.15, 0.2) is 0 Å². The van der Waals surface area contributed by atoms with E-state index in [1.807, 2.05) is 0 Å². The third-order valence-corrected chi connectivity index (χ3v) is 2.18. The fraction of sp³-hybridized carbons (Fsp3) is 1.00. The van der Waals surface area contributed by atoms with Crippen molar-refractivity contribution in [2.75, 3.05) is 11.2 Å². The van der Waals surface area contributed by atoms with Crippen molar-refractivity contribution >= 4 is 27.5 Å². The van der Waals surface area contributed by atoms with Gasteiger partial charge in [0.2, 0.25) is 0 Å². The Labute approximate surface area is 64.7 Å². The maximum atomic E-state index is 5.57. The molecule has 0 fully saturated rings. The zero-order valence-electron chi connectivity index (χ0n) is 5.16. The van der Waals surface area contributed by atoms with E-state index in [9.17, 15) is 0 Å². The van der Waals surface area contributed by atoms with Crippen LogP contribution in [0.5, 0.6) is 0 Å². The summed E-state index contributed by atoms with van der Waals surface area (Å²) in [5.41, 5.74) is 0. The highest BCUT2D eigenvalue weighted by atomic mass is 79.9. The molecule has 0 N–H and O–H groups in total. The molecule has 0 aromatic rings. The van der Waals surface area contributed by atoms with Crippen molar-refractivity contribution in [3.05, 3.63) is 0 Å². The van der Waals surface area contributed by atoms with Gasteiger partial charge in [0.15, 0.2) is 0 Å². The second-order valence-electron chi connectivity index (χ2n) is 2.09. The molecule has 0 radical (unpaired) electrons. The van der Waals surface area contributed by atoms with Gasteiger partial charge in [-0.1, -0.05) is 22.9 Å². The highest BCUT2D eigenvalue weighted by Crippen LogP contribution is 2.07. The van der Waals surface area contributed by atoms with E-state index < -0.39 is 0 Å². The van der Waals surface area contributed by atoms with Gasteiger partial charge in [0.25, 0.3) is 0 Å². The Balaban J connectivity index is 2.86. The molecule has 2 heteroatoms. The van der Waals surface area contributed by atoms with Crippen molar-refractivity contribution in [1.82, 2.24) is 0 Å². The van der Waals surface area contributed by atoms with E-state index in [0.29, 0.717) is 5.92 Å². The molecule has 8 heavy (non-hydrogen) atoms. The lowest BCUT2D eigenvalue weighted by molar-refractivity contribution is 0.586. The maximum absolute atomic E-state index is 5.57. The fourth-order valence-electron chi connectivity index (χ4n) is 0.503. The zero-order valence-corrected chi connectivity index (χ0v) is 7.50. The van der Waals surface area contributed by atoms with Gasteiger partial charge in [-0.2, -0.15) is 0 Å². The summed E-state index contributed by atoms with van der Waals surface area (Å²) in [6.07, 6.45) is 2.49. The molecule has 1 atom stereocenters. The van der Waals surface area contributed by atoms with E-state index in [1.165, 1.54) is 12.8 Å². The van der Waals surface area contributed by atoms with E-state index in [0.717, 1.165) is 11.2 Å². The Bertz CT molecular complexity index is 47.8. The lowest BCUT2D eigenvalue weighted by Crippen LogP contribution is -1.95. The van der Waals surface area contributed by atoms with Crippen LogP contribution in [0.25, 0.3) is 0 Å². The van der Waals surface area contributed by atoms with Gasteiger partial charge in [-0.25, -0.2) is 0 Å². The number of hydrogen-bond acceptors (Lipinski definition) is 0. The van der Waals surface area contributed by atoms with Gasteiger partial charge < -0.3 is 0 Å². The van der Waals surface area contributed by atoms with Crippen LogP contribution in [-0.2, 0) is 0 Å². The molecule has 50 valence electrons. The molecule has 0 rings (SSSR count). The average Bonchev–Trinajstić information content (AvgIpc) is 1.83. The molecule has 0 saturated heterocycles. The van der Waals surface area contributed by atoms with Crippen LogP contribution in [-0.4, -0.2) is 11.2 Å². The minimum Gasteiger partial charge on any atom is -0.126 e. The normalized spacial score (nSPS) is 13.9. The van der Waals surface area contributed by atoms with Gasteiger partial charge in [0, 0.05) is 11.2 Å². The van der Waals surface area contributed by atoms with Crippen LogP contribution in [0.2, 0.25) is 0 Å². The standard InChI is InChI=1S/C6H12BrCl/c1-6(5-8)3-2-4-7/h6H,2-5H2,1H3. The van der Waals surface area contributed by atoms with E-state index in [2.05, 4.69) is 22.9 Å². The third kappa shape index (κ3) is 4.92. The van der Waals surface area contributed by atoms with Crippen molar-refractivity contribution in [1.29, 1.82) is 0 Å². The molecule has 0 aliphatic carbocycles. The van der Waals surface area contributed by atoms with Crippen molar-refractivity contribution in [3.63, 3.8) is 0 Å². The molecule has 0 aliphatic heterocycles. The van der Waals surface area contributed by atoms with Gasteiger partial charge in [-0.05, 0) is 18.8 Å². The number of hydrogen-bond donors (Lipinski definition) is 0. The Kier molecular flexibility index (Phi) is 6.47. The monoisotopic (exact) mass is 198 g/mol. The highest BCUT2D eigenvalue weighted by molar-refractivity contribution is 9.09. The molecule has 0 aromatic carbocycles. The van der Waals surface area contributed by atoms with Crippen LogP contribution in [0.3, 0.4) is 0 Å². The minimum atomic E-state index is 0.689. The first-order valence-corrected chi connectivity index (χ1v) is 4.58. The molecule has 0 aromatic heterocycles. The SMILES string of the molecule is CC(CCl)CCCBr. The van der Waals surface area contributed by atoms with Crippen LogP contribution in [0, 0.1) is 5.92 Å². The van der Waals surface area contributed by atoms with Gasteiger partial charge in [0.05, 0.1) is 0 Å². The smallest absolute Gasteiger partial charge is 0.0249 e. The second kappa shape index (κ2) is 5.90. The summed E-state index contributed by atoms with van der Waals surface area (Å²) in [6, 6.07) is 0. The first-order chi connectivity index (χ1) is 3.81. The summed E-state index contributed by atoms with van der Waals surface area (Å²) in [7, 11) is 0. The third-order valence-electron chi connectivity index (χ3n) is 1.09. The molecular formula is C6H12BrCl.